The Labute approximate surface area is 149 Å². The number of aromatic amines is 1. The minimum absolute atomic E-state index is 0.0631. The van der Waals surface area contributed by atoms with Crippen LogP contribution in [0.5, 0.6) is 0 Å². The van der Waals surface area contributed by atoms with Crippen molar-refractivity contribution in [3.63, 3.8) is 0 Å². The smallest absolute Gasteiger partial charge is 0.257 e. The van der Waals surface area contributed by atoms with Gasteiger partial charge in [-0.2, -0.15) is 5.10 Å². The number of aliphatic hydroxyl groups is 1. The molecule has 1 atom stereocenters. The van der Waals surface area contributed by atoms with Crippen LogP contribution in [0.4, 0.5) is 0 Å². The van der Waals surface area contributed by atoms with Crippen molar-refractivity contribution in [2.75, 3.05) is 13.1 Å². The first-order valence-electron chi connectivity index (χ1n) is 9.22. The van der Waals surface area contributed by atoms with Crippen molar-refractivity contribution >= 4 is 5.91 Å². The molecule has 3 rings (SSSR count). The normalized spacial score (nSPS) is 16.8. The molecular formula is C20H27N3O2. The molecule has 1 amide bonds. The van der Waals surface area contributed by atoms with Crippen LogP contribution in [0.2, 0.25) is 0 Å². The third-order valence-corrected chi connectivity index (χ3v) is 5.11. The van der Waals surface area contributed by atoms with Crippen LogP contribution in [0.1, 0.15) is 47.8 Å². The quantitative estimate of drug-likeness (QED) is 0.849. The van der Waals surface area contributed by atoms with E-state index in [9.17, 15) is 9.90 Å². The number of piperidine rings is 1. The fraction of sp³-hybridized carbons (Fsp3) is 0.500. The fourth-order valence-electron chi connectivity index (χ4n) is 3.62. The zero-order valence-electron chi connectivity index (χ0n) is 14.8. The van der Waals surface area contributed by atoms with Crippen molar-refractivity contribution < 1.29 is 9.90 Å². The lowest BCUT2D eigenvalue weighted by atomic mass is 9.87. The van der Waals surface area contributed by atoms with Gasteiger partial charge in [-0.3, -0.25) is 9.89 Å². The highest BCUT2D eigenvalue weighted by molar-refractivity contribution is 5.95. The first-order valence-corrected chi connectivity index (χ1v) is 9.22. The monoisotopic (exact) mass is 341 g/mol. The van der Waals surface area contributed by atoms with E-state index in [1.165, 1.54) is 0 Å². The average Bonchev–Trinajstić information content (AvgIpc) is 3.11. The maximum atomic E-state index is 12.7. The Morgan fingerprint density at radius 2 is 2.04 bits per heavy atom. The molecule has 0 radical (unpaired) electrons. The van der Waals surface area contributed by atoms with Crippen LogP contribution in [0.25, 0.3) is 0 Å². The highest BCUT2D eigenvalue weighted by Gasteiger charge is 2.29. The minimum atomic E-state index is -0.343. The summed E-state index contributed by atoms with van der Waals surface area (Å²) in [7, 11) is 0. The molecule has 134 valence electrons. The summed E-state index contributed by atoms with van der Waals surface area (Å²) in [6, 6.07) is 10.1. The standard InChI is InChI=1S/C20H27N3O2/c1-2-6-18-17(14-21-22-18)20(25)23-11-9-16(10-12-23)19(24)13-15-7-4-3-5-8-15/h3-5,7-8,14,16,19,24H,2,6,9-13H2,1H3,(H,21,22)/t19-/m1/s1. The van der Waals surface area contributed by atoms with Crippen molar-refractivity contribution in [3.05, 3.63) is 53.3 Å². The number of aliphatic hydroxyl groups excluding tert-OH is 1. The van der Waals surface area contributed by atoms with Gasteiger partial charge in [0, 0.05) is 18.8 Å². The second kappa shape index (κ2) is 8.30. The highest BCUT2D eigenvalue weighted by Crippen LogP contribution is 2.24. The Morgan fingerprint density at radius 1 is 1.32 bits per heavy atom. The van der Waals surface area contributed by atoms with Crippen LogP contribution in [-0.2, 0) is 12.8 Å². The van der Waals surface area contributed by atoms with E-state index in [1.807, 2.05) is 23.1 Å². The summed E-state index contributed by atoms with van der Waals surface area (Å²) >= 11 is 0. The van der Waals surface area contributed by atoms with Gasteiger partial charge in [0.2, 0.25) is 0 Å². The van der Waals surface area contributed by atoms with E-state index in [0.717, 1.165) is 36.9 Å². The first kappa shape index (κ1) is 17.7. The summed E-state index contributed by atoms with van der Waals surface area (Å²) in [6.07, 6.45) is 5.50. The van der Waals surface area contributed by atoms with E-state index in [0.29, 0.717) is 25.1 Å². The van der Waals surface area contributed by atoms with Gasteiger partial charge in [-0.25, -0.2) is 0 Å². The third-order valence-electron chi connectivity index (χ3n) is 5.11. The van der Waals surface area contributed by atoms with E-state index in [2.05, 4.69) is 29.3 Å². The molecule has 2 N–H and O–H groups in total. The van der Waals surface area contributed by atoms with Crippen LogP contribution in [0, 0.1) is 5.92 Å². The molecule has 1 aliphatic heterocycles. The number of nitrogens with zero attached hydrogens (tertiary/aromatic N) is 2. The number of nitrogens with one attached hydrogen (secondary N) is 1. The Morgan fingerprint density at radius 3 is 2.72 bits per heavy atom. The van der Waals surface area contributed by atoms with E-state index in [-0.39, 0.29) is 17.9 Å². The van der Waals surface area contributed by atoms with Crippen molar-refractivity contribution in [1.82, 2.24) is 15.1 Å². The summed E-state index contributed by atoms with van der Waals surface area (Å²) in [6.45, 7) is 3.49. The van der Waals surface area contributed by atoms with E-state index < -0.39 is 0 Å². The molecule has 1 saturated heterocycles. The Hall–Kier alpha value is -2.14. The Bertz CT molecular complexity index is 675. The molecule has 2 heterocycles. The Balaban J connectivity index is 1.54. The molecule has 25 heavy (non-hydrogen) atoms. The number of benzene rings is 1. The highest BCUT2D eigenvalue weighted by atomic mass is 16.3. The number of likely N-dealkylation sites (tertiary alicyclic amines) is 1. The number of aryl methyl sites for hydroxylation is 1. The van der Waals surface area contributed by atoms with Crippen molar-refractivity contribution in [3.8, 4) is 0 Å². The maximum Gasteiger partial charge on any atom is 0.257 e. The molecule has 0 unspecified atom stereocenters. The summed E-state index contributed by atoms with van der Waals surface area (Å²) in [5.74, 6) is 0.317. The van der Waals surface area contributed by atoms with Crippen molar-refractivity contribution in [2.24, 2.45) is 5.92 Å². The Kier molecular flexibility index (Phi) is 5.87. The van der Waals surface area contributed by atoms with Gasteiger partial charge in [-0.05, 0) is 37.2 Å². The third kappa shape index (κ3) is 4.28. The topological polar surface area (TPSA) is 69.2 Å². The summed E-state index contributed by atoms with van der Waals surface area (Å²) in [5, 5.41) is 17.5. The molecule has 1 aromatic heterocycles. The molecule has 1 aliphatic rings. The molecule has 0 saturated carbocycles. The van der Waals surface area contributed by atoms with Gasteiger partial charge in [0.05, 0.1) is 17.9 Å². The van der Waals surface area contributed by atoms with E-state index >= 15 is 0 Å². The predicted molar refractivity (Wildman–Crippen MR) is 97.4 cm³/mol. The average molecular weight is 341 g/mol. The van der Waals surface area contributed by atoms with Gasteiger partial charge in [0.1, 0.15) is 0 Å². The summed E-state index contributed by atoms with van der Waals surface area (Å²) in [4.78, 5) is 14.6. The minimum Gasteiger partial charge on any atom is -0.392 e. The zero-order valence-corrected chi connectivity index (χ0v) is 14.8. The molecule has 0 aliphatic carbocycles. The maximum absolute atomic E-state index is 12.7. The van der Waals surface area contributed by atoms with Crippen molar-refractivity contribution in [1.29, 1.82) is 0 Å². The number of rotatable bonds is 6. The molecule has 2 aromatic rings. The van der Waals surface area contributed by atoms with E-state index in [4.69, 9.17) is 0 Å². The SMILES string of the molecule is CCCc1[nH]ncc1C(=O)N1CCC([C@H](O)Cc2ccccc2)CC1. The molecule has 5 heteroatoms. The van der Waals surface area contributed by atoms with Gasteiger partial charge in [0.25, 0.3) is 5.91 Å². The zero-order chi connectivity index (χ0) is 17.6. The summed E-state index contributed by atoms with van der Waals surface area (Å²) < 4.78 is 0. The number of amides is 1. The molecule has 0 bridgehead atoms. The lowest BCUT2D eigenvalue weighted by Crippen LogP contribution is -2.41. The predicted octanol–water partition coefficient (Wildman–Crippen LogP) is 2.82. The van der Waals surface area contributed by atoms with Crippen LogP contribution in [0.15, 0.2) is 36.5 Å². The molecule has 1 fully saturated rings. The first-order chi connectivity index (χ1) is 12.2. The largest absolute Gasteiger partial charge is 0.392 e. The van der Waals surface area contributed by atoms with E-state index in [1.54, 1.807) is 6.20 Å². The van der Waals surface area contributed by atoms with Gasteiger partial charge in [0.15, 0.2) is 0 Å². The number of aromatic nitrogens is 2. The lowest BCUT2D eigenvalue weighted by Gasteiger charge is -2.34. The second-order valence-electron chi connectivity index (χ2n) is 6.90. The van der Waals surface area contributed by atoms with Crippen LogP contribution >= 0.6 is 0 Å². The lowest BCUT2D eigenvalue weighted by molar-refractivity contribution is 0.0467. The van der Waals surface area contributed by atoms with Crippen LogP contribution in [-0.4, -0.2) is 45.3 Å². The summed E-state index contributed by atoms with van der Waals surface area (Å²) in [5.41, 5.74) is 2.79. The molecular weight excluding hydrogens is 314 g/mol. The fourth-order valence-corrected chi connectivity index (χ4v) is 3.62. The number of carbonyl (C=O) groups is 1. The number of carbonyl (C=O) groups excluding carboxylic acids is 1. The van der Waals surface area contributed by atoms with Gasteiger partial charge < -0.3 is 10.0 Å². The number of hydrogen-bond acceptors (Lipinski definition) is 3. The number of hydrogen-bond donors (Lipinski definition) is 2. The van der Waals surface area contributed by atoms with Gasteiger partial charge in [-0.1, -0.05) is 43.7 Å². The molecule has 5 nitrogen and oxygen atoms in total. The van der Waals surface area contributed by atoms with Gasteiger partial charge >= 0.3 is 0 Å². The molecule has 0 spiro atoms. The van der Waals surface area contributed by atoms with Crippen molar-refractivity contribution in [2.45, 2.75) is 45.1 Å². The number of H-pyrrole nitrogens is 1. The van der Waals surface area contributed by atoms with Gasteiger partial charge in [-0.15, -0.1) is 0 Å². The molecule has 1 aromatic carbocycles. The second-order valence-corrected chi connectivity index (χ2v) is 6.90. The van der Waals surface area contributed by atoms with Crippen LogP contribution in [0.3, 0.4) is 0 Å². The van der Waals surface area contributed by atoms with Crippen LogP contribution < -0.4 is 0 Å².